The minimum atomic E-state index is -0.912. The number of rotatable bonds is 3. The number of fused-ring (bicyclic) bond motifs is 1. The minimum absolute atomic E-state index is 0.292. The van der Waals surface area contributed by atoms with Gasteiger partial charge in [-0.3, -0.25) is 0 Å². The lowest BCUT2D eigenvalue weighted by Gasteiger charge is -2.03. The van der Waals surface area contributed by atoms with Crippen molar-refractivity contribution >= 4 is 28.6 Å². The Hall–Kier alpha value is -2.33. The van der Waals surface area contributed by atoms with Gasteiger partial charge in [0.05, 0.1) is 11.1 Å². The molecule has 0 saturated carbocycles. The summed E-state index contributed by atoms with van der Waals surface area (Å²) < 4.78 is 0. The summed E-state index contributed by atoms with van der Waals surface area (Å²) in [5, 5.41) is 10.9. The number of carboxylic acid groups (broad SMARTS) is 1. The van der Waals surface area contributed by atoms with Crippen LogP contribution in [0.25, 0.3) is 10.9 Å². The van der Waals surface area contributed by atoms with Crippen LogP contribution in [-0.2, 0) is 0 Å². The van der Waals surface area contributed by atoms with E-state index in [1.165, 1.54) is 11.8 Å². The summed E-state index contributed by atoms with van der Waals surface area (Å²) in [5.74, 6) is -0.912. The average Bonchev–Trinajstić information content (AvgIpc) is 2.48. The zero-order valence-corrected chi connectivity index (χ0v) is 11.3. The molecule has 0 aliphatic rings. The number of pyridine rings is 1. The molecule has 0 spiro atoms. The number of para-hydroxylation sites is 1. The number of hydrogen-bond acceptors (Lipinski definition) is 3. The van der Waals surface area contributed by atoms with Gasteiger partial charge in [-0.1, -0.05) is 36.0 Å². The van der Waals surface area contributed by atoms with E-state index in [4.69, 9.17) is 5.11 Å². The van der Waals surface area contributed by atoms with Gasteiger partial charge in [0.2, 0.25) is 0 Å². The predicted molar refractivity (Wildman–Crippen MR) is 79.3 cm³/mol. The van der Waals surface area contributed by atoms with Crippen LogP contribution < -0.4 is 0 Å². The van der Waals surface area contributed by atoms with Gasteiger partial charge in [-0.15, -0.1) is 0 Å². The highest BCUT2D eigenvalue weighted by molar-refractivity contribution is 7.99. The Kier molecular flexibility index (Phi) is 3.39. The lowest BCUT2D eigenvalue weighted by atomic mass is 10.2. The first-order valence-corrected chi connectivity index (χ1v) is 6.91. The van der Waals surface area contributed by atoms with E-state index in [0.29, 0.717) is 5.56 Å². The molecule has 3 aromatic rings. The van der Waals surface area contributed by atoms with Crippen molar-refractivity contribution in [2.75, 3.05) is 0 Å². The van der Waals surface area contributed by atoms with Crippen LogP contribution in [0.3, 0.4) is 0 Å². The first-order valence-electron chi connectivity index (χ1n) is 6.09. The maximum Gasteiger partial charge on any atom is 0.335 e. The van der Waals surface area contributed by atoms with Gasteiger partial charge in [0.15, 0.2) is 0 Å². The summed E-state index contributed by atoms with van der Waals surface area (Å²) in [6.07, 6.45) is 0. The normalized spacial score (nSPS) is 10.6. The van der Waals surface area contributed by atoms with Crippen molar-refractivity contribution in [2.24, 2.45) is 0 Å². The molecule has 1 heterocycles. The third-order valence-corrected chi connectivity index (χ3v) is 3.84. The van der Waals surface area contributed by atoms with Crippen LogP contribution in [0.1, 0.15) is 10.4 Å². The molecule has 4 heteroatoms. The van der Waals surface area contributed by atoms with Crippen molar-refractivity contribution in [3.05, 3.63) is 66.2 Å². The summed E-state index contributed by atoms with van der Waals surface area (Å²) in [4.78, 5) is 16.3. The van der Waals surface area contributed by atoms with E-state index in [9.17, 15) is 4.79 Å². The summed E-state index contributed by atoms with van der Waals surface area (Å²) >= 11 is 1.52. The molecule has 0 radical (unpaired) electrons. The smallest absolute Gasteiger partial charge is 0.335 e. The largest absolute Gasteiger partial charge is 0.478 e. The molecule has 0 amide bonds. The Bertz CT molecular complexity index is 769. The van der Waals surface area contributed by atoms with E-state index < -0.39 is 5.97 Å². The molecule has 1 N–H and O–H groups in total. The summed E-state index contributed by atoms with van der Waals surface area (Å²) in [6, 6.07) is 18.8. The third-order valence-electron chi connectivity index (χ3n) is 2.90. The van der Waals surface area contributed by atoms with Crippen LogP contribution in [0.15, 0.2) is 70.6 Å². The highest BCUT2D eigenvalue weighted by atomic mass is 32.2. The maximum absolute atomic E-state index is 10.8. The molecule has 0 saturated heterocycles. The van der Waals surface area contributed by atoms with E-state index in [0.717, 1.165) is 20.8 Å². The molecule has 3 nitrogen and oxygen atoms in total. The highest BCUT2D eigenvalue weighted by Crippen LogP contribution is 2.27. The zero-order valence-electron chi connectivity index (χ0n) is 10.5. The molecule has 98 valence electrons. The van der Waals surface area contributed by atoms with Crippen molar-refractivity contribution < 1.29 is 9.90 Å². The van der Waals surface area contributed by atoms with Gasteiger partial charge in [0.1, 0.15) is 5.03 Å². The number of carboxylic acids is 1. The van der Waals surface area contributed by atoms with Gasteiger partial charge in [-0.2, -0.15) is 0 Å². The topological polar surface area (TPSA) is 50.2 Å². The highest BCUT2D eigenvalue weighted by Gasteiger charge is 2.04. The molecule has 0 aliphatic heterocycles. The second-order valence-electron chi connectivity index (χ2n) is 4.27. The Labute approximate surface area is 120 Å². The van der Waals surface area contributed by atoms with Crippen LogP contribution in [0, 0.1) is 0 Å². The van der Waals surface area contributed by atoms with E-state index in [2.05, 4.69) is 4.98 Å². The lowest BCUT2D eigenvalue weighted by Crippen LogP contribution is -1.94. The van der Waals surface area contributed by atoms with Gasteiger partial charge < -0.3 is 5.11 Å². The van der Waals surface area contributed by atoms with Gasteiger partial charge in [0, 0.05) is 10.3 Å². The Morgan fingerprint density at radius 1 is 0.950 bits per heavy atom. The monoisotopic (exact) mass is 281 g/mol. The lowest BCUT2D eigenvalue weighted by molar-refractivity contribution is 0.0697. The van der Waals surface area contributed by atoms with Crippen molar-refractivity contribution in [1.82, 2.24) is 4.98 Å². The SMILES string of the molecule is O=C(O)c1ccc(Sc2ccc3ccccc3n2)cc1. The number of aromatic nitrogens is 1. The first-order chi connectivity index (χ1) is 9.72. The average molecular weight is 281 g/mol. The van der Waals surface area contributed by atoms with Crippen LogP contribution >= 0.6 is 11.8 Å². The molecule has 0 unspecified atom stereocenters. The molecule has 20 heavy (non-hydrogen) atoms. The number of benzene rings is 2. The van der Waals surface area contributed by atoms with Crippen LogP contribution in [0.4, 0.5) is 0 Å². The van der Waals surface area contributed by atoms with Gasteiger partial charge >= 0.3 is 5.97 Å². The van der Waals surface area contributed by atoms with E-state index >= 15 is 0 Å². The van der Waals surface area contributed by atoms with Crippen LogP contribution in [0.5, 0.6) is 0 Å². The number of nitrogens with zero attached hydrogens (tertiary/aromatic N) is 1. The molecular formula is C16H11NO2S. The Morgan fingerprint density at radius 3 is 2.45 bits per heavy atom. The minimum Gasteiger partial charge on any atom is -0.478 e. The molecule has 3 rings (SSSR count). The van der Waals surface area contributed by atoms with Gasteiger partial charge in [-0.25, -0.2) is 9.78 Å². The fourth-order valence-corrected chi connectivity index (χ4v) is 2.68. The van der Waals surface area contributed by atoms with E-state index in [1.807, 2.05) is 36.4 Å². The third kappa shape index (κ3) is 2.65. The Balaban J connectivity index is 1.87. The summed E-state index contributed by atoms with van der Waals surface area (Å²) in [5.41, 5.74) is 1.25. The molecule has 0 fully saturated rings. The van der Waals surface area contributed by atoms with Crippen LogP contribution in [-0.4, -0.2) is 16.1 Å². The summed E-state index contributed by atoms with van der Waals surface area (Å²) in [7, 11) is 0. The standard InChI is InChI=1S/C16H11NO2S/c18-16(19)12-5-8-13(9-6-12)20-15-10-7-11-3-1-2-4-14(11)17-15/h1-10H,(H,18,19). The Morgan fingerprint density at radius 2 is 1.70 bits per heavy atom. The number of carbonyl (C=O) groups is 1. The molecule has 0 atom stereocenters. The van der Waals surface area contributed by atoms with Gasteiger partial charge in [0.25, 0.3) is 0 Å². The van der Waals surface area contributed by atoms with Crippen molar-refractivity contribution in [2.45, 2.75) is 9.92 Å². The number of aromatic carboxylic acids is 1. The predicted octanol–water partition coefficient (Wildman–Crippen LogP) is 4.08. The van der Waals surface area contributed by atoms with Crippen molar-refractivity contribution in [3.8, 4) is 0 Å². The molecule has 2 aromatic carbocycles. The second kappa shape index (κ2) is 5.35. The molecule has 0 aliphatic carbocycles. The van der Waals surface area contributed by atoms with E-state index in [-0.39, 0.29) is 0 Å². The van der Waals surface area contributed by atoms with Crippen LogP contribution in [0.2, 0.25) is 0 Å². The fraction of sp³-hybridized carbons (Fsp3) is 0. The quantitative estimate of drug-likeness (QED) is 0.785. The zero-order chi connectivity index (χ0) is 13.9. The molecular weight excluding hydrogens is 270 g/mol. The number of hydrogen-bond donors (Lipinski definition) is 1. The maximum atomic E-state index is 10.8. The fourth-order valence-electron chi connectivity index (χ4n) is 1.89. The molecule has 0 bridgehead atoms. The summed E-state index contributed by atoms with van der Waals surface area (Å²) in [6.45, 7) is 0. The van der Waals surface area contributed by atoms with E-state index in [1.54, 1.807) is 24.3 Å². The molecule has 1 aromatic heterocycles. The second-order valence-corrected chi connectivity index (χ2v) is 5.37. The van der Waals surface area contributed by atoms with Crippen molar-refractivity contribution in [3.63, 3.8) is 0 Å². The van der Waals surface area contributed by atoms with Gasteiger partial charge in [-0.05, 0) is 36.4 Å². The first kappa shape index (κ1) is 12.7. The van der Waals surface area contributed by atoms with Crippen molar-refractivity contribution in [1.29, 1.82) is 0 Å².